The van der Waals surface area contributed by atoms with Gasteiger partial charge in [0.2, 0.25) is 0 Å². The van der Waals surface area contributed by atoms with Crippen molar-refractivity contribution in [2.45, 2.75) is 46.4 Å². The molecule has 196 valence electrons. The molecule has 0 saturated carbocycles. The number of benzene rings is 3. The SMILES string of the molecule is CCN(Cc1cc(C)cc(-n2nc3ccccc3n2)c1O)c1ccc(CC2C(=O)OC(C)(C)OC2=O)cc1. The van der Waals surface area contributed by atoms with Crippen molar-refractivity contribution in [3.05, 3.63) is 77.4 Å². The zero-order valence-electron chi connectivity index (χ0n) is 21.8. The quantitative estimate of drug-likeness (QED) is 0.285. The summed E-state index contributed by atoms with van der Waals surface area (Å²) in [7, 11) is 0. The molecule has 1 aliphatic heterocycles. The van der Waals surface area contributed by atoms with E-state index in [1.54, 1.807) is 0 Å². The maximum absolute atomic E-state index is 12.3. The number of carbonyl (C=O) groups is 2. The number of aryl methyl sites for hydroxylation is 1. The molecule has 0 atom stereocenters. The molecule has 0 unspecified atom stereocenters. The van der Waals surface area contributed by atoms with Crippen LogP contribution in [0, 0.1) is 12.8 Å². The largest absolute Gasteiger partial charge is 0.505 e. The van der Waals surface area contributed by atoms with Gasteiger partial charge >= 0.3 is 11.9 Å². The molecule has 0 spiro atoms. The lowest BCUT2D eigenvalue weighted by Crippen LogP contribution is -2.46. The third-order valence-corrected chi connectivity index (χ3v) is 6.56. The molecule has 1 aromatic heterocycles. The van der Waals surface area contributed by atoms with Crippen LogP contribution in [0.3, 0.4) is 0 Å². The van der Waals surface area contributed by atoms with Crippen molar-refractivity contribution in [3.63, 3.8) is 0 Å². The molecule has 4 aromatic rings. The van der Waals surface area contributed by atoms with Gasteiger partial charge in [-0.05, 0) is 61.7 Å². The number of hydrogen-bond donors (Lipinski definition) is 1. The van der Waals surface area contributed by atoms with Gasteiger partial charge < -0.3 is 19.5 Å². The van der Waals surface area contributed by atoms with Crippen LogP contribution in [0.15, 0.2) is 60.7 Å². The second-order valence-electron chi connectivity index (χ2n) is 9.95. The van der Waals surface area contributed by atoms with E-state index in [1.165, 1.54) is 18.6 Å². The number of carbonyl (C=O) groups excluding carboxylic acids is 2. The molecule has 9 nitrogen and oxygen atoms in total. The van der Waals surface area contributed by atoms with Crippen LogP contribution < -0.4 is 4.90 Å². The van der Waals surface area contributed by atoms with E-state index in [1.807, 2.05) is 74.5 Å². The fourth-order valence-electron chi connectivity index (χ4n) is 4.65. The van der Waals surface area contributed by atoms with Crippen LogP contribution in [0.25, 0.3) is 16.7 Å². The second-order valence-corrected chi connectivity index (χ2v) is 9.95. The molecule has 1 aliphatic rings. The Morgan fingerprint density at radius 3 is 2.16 bits per heavy atom. The van der Waals surface area contributed by atoms with Crippen molar-refractivity contribution >= 4 is 28.7 Å². The fourth-order valence-corrected chi connectivity index (χ4v) is 4.65. The fraction of sp³-hybridized carbons (Fsp3) is 0.310. The highest BCUT2D eigenvalue weighted by Gasteiger charge is 2.43. The first-order chi connectivity index (χ1) is 18.1. The van der Waals surface area contributed by atoms with Crippen LogP contribution in [0.5, 0.6) is 5.75 Å². The number of rotatable bonds is 7. The van der Waals surface area contributed by atoms with Crippen LogP contribution in [0.4, 0.5) is 5.69 Å². The van der Waals surface area contributed by atoms with Gasteiger partial charge in [0.05, 0.1) is 0 Å². The molecule has 1 N–H and O–H groups in total. The minimum absolute atomic E-state index is 0.128. The maximum Gasteiger partial charge on any atom is 0.323 e. The Bertz CT molecular complexity index is 1460. The number of cyclic esters (lactones) is 2. The number of ether oxygens (including phenoxy) is 2. The normalized spacial score (nSPS) is 15.4. The van der Waals surface area contributed by atoms with E-state index < -0.39 is 23.6 Å². The van der Waals surface area contributed by atoms with Gasteiger partial charge in [-0.3, -0.25) is 9.59 Å². The lowest BCUT2D eigenvalue weighted by Gasteiger charge is -2.32. The van der Waals surface area contributed by atoms with Crippen LogP contribution in [-0.4, -0.2) is 44.4 Å². The Morgan fingerprint density at radius 2 is 1.58 bits per heavy atom. The predicted octanol–water partition coefficient (Wildman–Crippen LogP) is 4.46. The van der Waals surface area contributed by atoms with E-state index in [0.717, 1.165) is 33.4 Å². The van der Waals surface area contributed by atoms with Crippen LogP contribution in [0.1, 0.15) is 37.5 Å². The van der Waals surface area contributed by atoms with Gasteiger partial charge in [0.15, 0.2) is 5.92 Å². The number of aromatic hydroxyl groups is 1. The summed E-state index contributed by atoms with van der Waals surface area (Å²) < 4.78 is 10.5. The number of phenols is 1. The molecule has 3 aromatic carbocycles. The molecule has 0 bridgehead atoms. The summed E-state index contributed by atoms with van der Waals surface area (Å²) in [6.07, 6.45) is 0.202. The van der Waals surface area contributed by atoms with Gasteiger partial charge in [-0.1, -0.05) is 30.3 Å². The van der Waals surface area contributed by atoms with E-state index in [9.17, 15) is 14.7 Å². The molecule has 38 heavy (non-hydrogen) atoms. The Hall–Kier alpha value is -4.40. The van der Waals surface area contributed by atoms with E-state index in [4.69, 9.17) is 9.47 Å². The summed E-state index contributed by atoms with van der Waals surface area (Å²) in [4.78, 5) is 28.2. The Morgan fingerprint density at radius 1 is 0.974 bits per heavy atom. The van der Waals surface area contributed by atoms with Crippen molar-refractivity contribution < 1.29 is 24.2 Å². The van der Waals surface area contributed by atoms with Crippen molar-refractivity contribution in [1.29, 1.82) is 0 Å². The maximum atomic E-state index is 12.3. The Kier molecular flexibility index (Phi) is 6.52. The van der Waals surface area contributed by atoms with Crippen molar-refractivity contribution in [2.75, 3.05) is 11.4 Å². The first kappa shape index (κ1) is 25.3. The minimum atomic E-state index is -1.24. The second kappa shape index (κ2) is 9.81. The summed E-state index contributed by atoms with van der Waals surface area (Å²) in [6, 6.07) is 19.1. The molecule has 0 amide bonds. The molecule has 5 rings (SSSR count). The average molecular weight is 515 g/mol. The number of hydrogen-bond acceptors (Lipinski definition) is 8. The minimum Gasteiger partial charge on any atom is -0.505 e. The lowest BCUT2D eigenvalue weighted by atomic mass is 9.98. The monoisotopic (exact) mass is 514 g/mol. The van der Waals surface area contributed by atoms with Gasteiger partial charge in [0.1, 0.15) is 22.5 Å². The summed E-state index contributed by atoms with van der Waals surface area (Å²) in [5, 5.41) is 20.2. The predicted molar refractivity (Wildman–Crippen MR) is 142 cm³/mol. The van der Waals surface area contributed by atoms with Gasteiger partial charge in [-0.15, -0.1) is 15.0 Å². The molecular weight excluding hydrogens is 484 g/mol. The van der Waals surface area contributed by atoms with E-state index in [0.29, 0.717) is 18.8 Å². The number of phenolic OH excluding ortho intramolecular Hbond substituents is 1. The van der Waals surface area contributed by atoms with E-state index >= 15 is 0 Å². The zero-order chi connectivity index (χ0) is 27.0. The smallest absolute Gasteiger partial charge is 0.323 e. The first-order valence-corrected chi connectivity index (χ1v) is 12.6. The number of esters is 2. The molecule has 1 fully saturated rings. The molecular formula is C29H30N4O5. The van der Waals surface area contributed by atoms with E-state index in [-0.39, 0.29) is 12.2 Å². The summed E-state index contributed by atoms with van der Waals surface area (Å²) in [5.74, 6) is -3.24. The van der Waals surface area contributed by atoms with Gasteiger partial charge in [0, 0.05) is 38.2 Å². The molecule has 1 saturated heterocycles. The van der Waals surface area contributed by atoms with Crippen LogP contribution in [0.2, 0.25) is 0 Å². The topological polar surface area (TPSA) is 107 Å². The molecule has 9 heteroatoms. The van der Waals surface area contributed by atoms with Gasteiger partial charge in [-0.2, -0.15) is 0 Å². The highest BCUT2D eigenvalue weighted by atomic mass is 16.7. The summed E-state index contributed by atoms with van der Waals surface area (Å²) in [6.45, 7) is 8.25. The summed E-state index contributed by atoms with van der Waals surface area (Å²) >= 11 is 0. The number of nitrogens with zero attached hydrogens (tertiary/aromatic N) is 4. The number of aromatic nitrogens is 3. The average Bonchev–Trinajstić information content (AvgIpc) is 3.30. The van der Waals surface area contributed by atoms with Crippen molar-refractivity contribution in [1.82, 2.24) is 15.0 Å². The van der Waals surface area contributed by atoms with E-state index in [2.05, 4.69) is 15.1 Å². The first-order valence-electron chi connectivity index (χ1n) is 12.6. The van der Waals surface area contributed by atoms with Crippen molar-refractivity contribution in [2.24, 2.45) is 5.92 Å². The van der Waals surface area contributed by atoms with Gasteiger partial charge in [-0.25, -0.2) is 0 Å². The van der Waals surface area contributed by atoms with Crippen LogP contribution >= 0.6 is 0 Å². The number of anilines is 1. The Balaban J connectivity index is 1.35. The van der Waals surface area contributed by atoms with Gasteiger partial charge in [0.25, 0.3) is 5.79 Å². The standard InChI is InChI=1S/C29H30N4O5/c1-5-32(21-12-10-19(11-13-21)16-22-27(35)37-29(3,4)38-28(22)36)17-20-14-18(2)15-25(26(20)34)33-30-23-8-6-7-9-24(23)31-33/h6-15,22,34H,5,16-17H2,1-4H3. The zero-order valence-corrected chi connectivity index (χ0v) is 21.8. The highest BCUT2D eigenvalue weighted by molar-refractivity contribution is 5.97. The third kappa shape index (κ3) is 5.04. The molecule has 2 heterocycles. The Labute approximate surface area is 220 Å². The van der Waals surface area contributed by atoms with Crippen molar-refractivity contribution in [3.8, 4) is 11.4 Å². The molecule has 0 radical (unpaired) electrons. The lowest BCUT2D eigenvalue weighted by molar-refractivity contribution is -0.239. The summed E-state index contributed by atoms with van der Waals surface area (Å²) in [5.41, 5.74) is 5.53. The third-order valence-electron chi connectivity index (χ3n) is 6.56. The van der Waals surface area contributed by atoms with Crippen LogP contribution in [-0.2, 0) is 32.0 Å². The highest BCUT2D eigenvalue weighted by Crippen LogP contribution is 2.31. The molecule has 0 aliphatic carbocycles. The number of fused-ring (bicyclic) bond motifs is 1.